The van der Waals surface area contributed by atoms with E-state index < -0.39 is 0 Å². The van der Waals surface area contributed by atoms with Gasteiger partial charge < -0.3 is 11.1 Å². The van der Waals surface area contributed by atoms with Gasteiger partial charge in [-0.25, -0.2) is 0 Å². The molecule has 0 aromatic carbocycles. The third kappa shape index (κ3) is 13.5. The lowest BCUT2D eigenvalue weighted by Gasteiger charge is -2.00. The summed E-state index contributed by atoms with van der Waals surface area (Å²) in [6, 6.07) is 0. The van der Waals surface area contributed by atoms with E-state index in [9.17, 15) is 0 Å². The van der Waals surface area contributed by atoms with Crippen molar-refractivity contribution in [3.05, 3.63) is 12.3 Å². The molecule has 0 aromatic heterocycles. The number of hydrogen-bond donors (Lipinski definition) is 2. The van der Waals surface area contributed by atoms with Crippen molar-refractivity contribution in [3.8, 4) is 0 Å². The smallest absolute Gasteiger partial charge is 0.0264 e. The van der Waals surface area contributed by atoms with Gasteiger partial charge in [0.25, 0.3) is 0 Å². The molecule has 0 spiro atoms. The van der Waals surface area contributed by atoms with Crippen molar-refractivity contribution >= 4 is 0 Å². The maximum Gasteiger partial charge on any atom is 0.0264 e. The van der Waals surface area contributed by atoms with Gasteiger partial charge in [0.05, 0.1) is 0 Å². The first-order valence-electron chi connectivity index (χ1n) is 7.00. The fraction of sp³-hybridized carbons (Fsp3) is 0.857. The Kier molecular flexibility index (Phi) is 14.0. The minimum atomic E-state index is 0.710. The number of allylic oxidation sites excluding steroid dienone is 1. The molecule has 0 fully saturated rings. The Morgan fingerprint density at radius 2 is 1.56 bits per heavy atom. The van der Waals surface area contributed by atoms with Crippen LogP contribution in [-0.4, -0.2) is 13.1 Å². The normalized spacial score (nSPS) is 11.1. The van der Waals surface area contributed by atoms with E-state index in [1.165, 1.54) is 57.8 Å². The van der Waals surface area contributed by atoms with E-state index in [2.05, 4.69) is 18.3 Å². The van der Waals surface area contributed by atoms with E-state index in [0.29, 0.717) is 6.54 Å². The number of nitrogens with two attached hydrogens (primary N) is 1. The third-order valence-corrected chi connectivity index (χ3v) is 2.75. The molecular formula is C14H30N2. The van der Waals surface area contributed by atoms with Crippen LogP contribution in [0.2, 0.25) is 0 Å². The SMILES string of the molecule is CCCCCCCCCC/C=C/NCCN. The number of rotatable bonds is 12. The monoisotopic (exact) mass is 226 g/mol. The molecule has 0 aliphatic rings. The second-order valence-corrected chi connectivity index (χ2v) is 4.41. The predicted octanol–water partition coefficient (Wildman–Crippen LogP) is 3.58. The molecule has 0 saturated heterocycles. The third-order valence-electron chi connectivity index (χ3n) is 2.75. The summed E-state index contributed by atoms with van der Waals surface area (Å²) < 4.78 is 0. The van der Waals surface area contributed by atoms with Crippen LogP contribution in [0.1, 0.15) is 64.7 Å². The van der Waals surface area contributed by atoms with E-state index in [-0.39, 0.29) is 0 Å². The van der Waals surface area contributed by atoms with Gasteiger partial charge in [-0.1, -0.05) is 57.9 Å². The molecule has 0 radical (unpaired) electrons. The first-order chi connectivity index (χ1) is 7.91. The second kappa shape index (κ2) is 14.5. The van der Waals surface area contributed by atoms with Crippen LogP contribution >= 0.6 is 0 Å². The molecule has 3 N–H and O–H groups in total. The summed E-state index contributed by atoms with van der Waals surface area (Å²) in [5.74, 6) is 0. The van der Waals surface area contributed by atoms with Crippen molar-refractivity contribution in [3.63, 3.8) is 0 Å². The first kappa shape index (κ1) is 15.5. The van der Waals surface area contributed by atoms with Crippen LogP contribution < -0.4 is 11.1 Å². The Morgan fingerprint density at radius 1 is 0.938 bits per heavy atom. The van der Waals surface area contributed by atoms with Gasteiger partial charge in [-0.05, 0) is 19.0 Å². The molecule has 0 amide bonds. The largest absolute Gasteiger partial charge is 0.390 e. The van der Waals surface area contributed by atoms with E-state index in [4.69, 9.17) is 5.73 Å². The van der Waals surface area contributed by atoms with Gasteiger partial charge in [-0.15, -0.1) is 0 Å². The fourth-order valence-electron chi connectivity index (χ4n) is 1.73. The van der Waals surface area contributed by atoms with Crippen molar-refractivity contribution in [2.45, 2.75) is 64.7 Å². The zero-order valence-corrected chi connectivity index (χ0v) is 11.0. The van der Waals surface area contributed by atoms with E-state index in [0.717, 1.165) is 6.54 Å². The molecule has 0 aromatic rings. The molecule has 0 rings (SSSR count). The summed E-state index contributed by atoms with van der Waals surface area (Å²) >= 11 is 0. The molecule has 2 nitrogen and oxygen atoms in total. The topological polar surface area (TPSA) is 38.0 Å². The van der Waals surface area contributed by atoms with Crippen LogP contribution in [0.15, 0.2) is 12.3 Å². The van der Waals surface area contributed by atoms with Gasteiger partial charge in [0.1, 0.15) is 0 Å². The van der Waals surface area contributed by atoms with Gasteiger partial charge in [-0.2, -0.15) is 0 Å². The van der Waals surface area contributed by atoms with Crippen molar-refractivity contribution in [2.75, 3.05) is 13.1 Å². The highest BCUT2D eigenvalue weighted by Gasteiger charge is 1.90. The molecule has 0 bridgehead atoms. The van der Waals surface area contributed by atoms with Gasteiger partial charge in [-0.3, -0.25) is 0 Å². The first-order valence-corrected chi connectivity index (χ1v) is 7.00. The van der Waals surface area contributed by atoms with Crippen LogP contribution in [0.5, 0.6) is 0 Å². The lowest BCUT2D eigenvalue weighted by molar-refractivity contribution is 0.577. The lowest BCUT2D eigenvalue weighted by Crippen LogP contribution is -2.16. The van der Waals surface area contributed by atoms with Crippen LogP contribution in [0.25, 0.3) is 0 Å². The summed E-state index contributed by atoms with van der Waals surface area (Å²) in [5, 5.41) is 3.15. The van der Waals surface area contributed by atoms with Crippen molar-refractivity contribution in [1.82, 2.24) is 5.32 Å². The minimum absolute atomic E-state index is 0.710. The molecule has 96 valence electrons. The summed E-state index contributed by atoms with van der Waals surface area (Å²) in [7, 11) is 0. The maximum atomic E-state index is 5.36. The van der Waals surface area contributed by atoms with E-state index in [1.807, 2.05) is 6.20 Å². The molecule has 2 heteroatoms. The Hall–Kier alpha value is -0.500. The summed E-state index contributed by atoms with van der Waals surface area (Å²) in [5.41, 5.74) is 5.36. The average Bonchev–Trinajstić information content (AvgIpc) is 2.31. The molecule has 0 aliphatic carbocycles. The highest BCUT2D eigenvalue weighted by molar-refractivity contribution is 4.79. The van der Waals surface area contributed by atoms with Gasteiger partial charge >= 0.3 is 0 Å². The summed E-state index contributed by atoms with van der Waals surface area (Å²) in [6.45, 7) is 3.86. The molecule has 0 aliphatic heterocycles. The molecule has 0 atom stereocenters. The molecule has 0 unspecified atom stereocenters. The Labute approximate surface area is 102 Å². The maximum absolute atomic E-state index is 5.36. The number of hydrogen-bond acceptors (Lipinski definition) is 2. The minimum Gasteiger partial charge on any atom is -0.390 e. The van der Waals surface area contributed by atoms with Crippen LogP contribution in [-0.2, 0) is 0 Å². The second-order valence-electron chi connectivity index (χ2n) is 4.41. The summed E-state index contributed by atoms with van der Waals surface area (Å²) in [4.78, 5) is 0. The van der Waals surface area contributed by atoms with E-state index >= 15 is 0 Å². The highest BCUT2D eigenvalue weighted by Crippen LogP contribution is 2.09. The van der Waals surface area contributed by atoms with Crippen LogP contribution in [0.3, 0.4) is 0 Å². The highest BCUT2D eigenvalue weighted by atomic mass is 14.8. The van der Waals surface area contributed by atoms with Crippen LogP contribution in [0.4, 0.5) is 0 Å². The molecule has 16 heavy (non-hydrogen) atoms. The lowest BCUT2D eigenvalue weighted by atomic mass is 10.1. The zero-order chi connectivity index (χ0) is 11.9. The predicted molar refractivity (Wildman–Crippen MR) is 73.4 cm³/mol. The van der Waals surface area contributed by atoms with Gasteiger partial charge in [0.2, 0.25) is 0 Å². The molecular weight excluding hydrogens is 196 g/mol. The number of nitrogens with one attached hydrogen (secondary N) is 1. The van der Waals surface area contributed by atoms with E-state index in [1.54, 1.807) is 0 Å². The van der Waals surface area contributed by atoms with Gasteiger partial charge in [0.15, 0.2) is 0 Å². The Bertz CT molecular complexity index is 144. The van der Waals surface area contributed by atoms with Crippen molar-refractivity contribution in [1.29, 1.82) is 0 Å². The van der Waals surface area contributed by atoms with Crippen molar-refractivity contribution in [2.24, 2.45) is 5.73 Å². The standard InChI is InChI=1S/C14H30N2/c1-2-3-4-5-6-7-8-9-10-11-13-16-14-12-15/h11,13,16H,2-10,12,14-15H2,1H3/b13-11+. The summed E-state index contributed by atoms with van der Waals surface area (Å²) in [6.07, 6.45) is 16.6. The fourth-order valence-corrected chi connectivity index (χ4v) is 1.73. The van der Waals surface area contributed by atoms with Crippen LogP contribution in [0, 0.1) is 0 Å². The van der Waals surface area contributed by atoms with Crippen molar-refractivity contribution < 1.29 is 0 Å². The average molecular weight is 226 g/mol. The Balaban J connectivity index is 2.95. The van der Waals surface area contributed by atoms with Gasteiger partial charge in [0, 0.05) is 13.1 Å². The number of unbranched alkanes of at least 4 members (excludes halogenated alkanes) is 8. The zero-order valence-electron chi connectivity index (χ0n) is 11.0. The quantitative estimate of drug-likeness (QED) is 0.499. The molecule has 0 saturated carbocycles. The molecule has 0 heterocycles. The Morgan fingerprint density at radius 3 is 2.19 bits per heavy atom.